The van der Waals surface area contributed by atoms with Gasteiger partial charge in [0.15, 0.2) is 0 Å². The second-order valence-corrected chi connectivity index (χ2v) is 2.44. The molecule has 1 unspecified atom stereocenters. The van der Waals surface area contributed by atoms with Crippen molar-refractivity contribution in [3.63, 3.8) is 0 Å². The lowest BCUT2D eigenvalue weighted by Gasteiger charge is -2.45. The molecule has 0 aromatic heterocycles. The Morgan fingerprint density at radius 1 is 1.57 bits per heavy atom. The topological polar surface area (TPSA) is 12.0 Å². The van der Waals surface area contributed by atoms with Crippen molar-refractivity contribution >= 4 is 0 Å². The molecule has 0 amide bonds. The Kier molecular flexibility index (Phi) is 0.482. The molecule has 2 rings (SSSR count). The van der Waals surface area contributed by atoms with Crippen molar-refractivity contribution in [2.75, 3.05) is 6.54 Å². The van der Waals surface area contributed by atoms with Crippen molar-refractivity contribution < 1.29 is 0 Å². The Bertz CT molecular complexity index is 111. The molecule has 1 spiro atoms. The zero-order chi connectivity index (χ0) is 4.74. The zero-order valence-electron chi connectivity index (χ0n) is 4.28. The maximum atomic E-state index is 3.37. The Hall–Kier alpha value is -0.300. The molecule has 0 radical (unpaired) electrons. The fourth-order valence-corrected chi connectivity index (χ4v) is 1.16. The minimum Gasteiger partial charge on any atom is -0.307 e. The van der Waals surface area contributed by atoms with Crippen LogP contribution in [0.1, 0.15) is 12.8 Å². The largest absolute Gasteiger partial charge is 0.307 e. The summed E-state index contributed by atoms with van der Waals surface area (Å²) < 4.78 is 0. The summed E-state index contributed by atoms with van der Waals surface area (Å²) >= 11 is 0. The molecule has 1 aliphatic carbocycles. The van der Waals surface area contributed by atoms with Crippen molar-refractivity contribution in [1.82, 2.24) is 5.32 Å². The van der Waals surface area contributed by atoms with Crippen molar-refractivity contribution in [2.24, 2.45) is 0 Å². The monoisotopic (exact) mass is 95.1 g/mol. The summed E-state index contributed by atoms with van der Waals surface area (Å²) in [5, 5.41) is 3.37. The van der Waals surface area contributed by atoms with Crippen LogP contribution in [0.5, 0.6) is 0 Å². The van der Waals surface area contributed by atoms with E-state index in [1.54, 1.807) is 0 Å². The van der Waals surface area contributed by atoms with E-state index in [0.717, 1.165) is 0 Å². The van der Waals surface area contributed by atoms with Gasteiger partial charge in [-0.25, -0.2) is 0 Å². The summed E-state index contributed by atoms with van der Waals surface area (Å²) in [5.74, 6) is 0. The van der Waals surface area contributed by atoms with E-state index >= 15 is 0 Å². The summed E-state index contributed by atoms with van der Waals surface area (Å²) in [5.41, 5.74) is 0.514. The Morgan fingerprint density at radius 3 is 2.29 bits per heavy atom. The smallest absolute Gasteiger partial charge is 0.0411 e. The van der Waals surface area contributed by atoms with Crippen LogP contribution >= 0.6 is 0 Å². The summed E-state index contributed by atoms with van der Waals surface area (Å²) in [6, 6.07) is 0. The van der Waals surface area contributed by atoms with Crippen LogP contribution in [0.2, 0.25) is 0 Å². The average Bonchev–Trinajstić information content (AvgIpc) is 1.20. The quantitative estimate of drug-likeness (QED) is 0.436. The van der Waals surface area contributed by atoms with E-state index in [4.69, 9.17) is 0 Å². The first-order valence-electron chi connectivity index (χ1n) is 2.84. The highest BCUT2D eigenvalue weighted by Gasteiger charge is 2.36. The van der Waals surface area contributed by atoms with Crippen molar-refractivity contribution in [1.29, 1.82) is 0 Å². The molecule has 1 fully saturated rings. The van der Waals surface area contributed by atoms with Gasteiger partial charge in [-0.1, -0.05) is 12.2 Å². The lowest BCUT2D eigenvalue weighted by molar-refractivity contribution is 0.251. The van der Waals surface area contributed by atoms with Gasteiger partial charge < -0.3 is 5.32 Å². The number of hydrogen-bond donors (Lipinski definition) is 1. The van der Waals surface area contributed by atoms with E-state index in [-0.39, 0.29) is 0 Å². The standard InChI is InChI=1S/C6H9N/c1-2-6(3-1)4-5-7-6/h1-2,7H,3-5H2. The molecule has 1 aliphatic heterocycles. The molecule has 1 heteroatoms. The lowest BCUT2D eigenvalue weighted by atomic mass is 9.77. The van der Waals surface area contributed by atoms with Crippen molar-refractivity contribution in [2.45, 2.75) is 18.4 Å². The first kappa shape index (κ1) is 3.67. The summed E-state index contributed by atoms with van der Waals surface area (Å²) in [7, 11) is 0. The third kappa shape index (κ3) is 0.317. The van der Waals surface area contributed by atoms with Crippen LogP contribution in [0, 0.1) is 0 Å². The zero-order valence-corrected chi connectivity index (χ0v) is 4.28. The average molecular weight is 95.1 g/mol. The maximum Gasteiger partial charge on any atom is 0.0411 e. The third-order valence-electron chi connectivity index (χ3n) is 1.97. The molecule has 1 saturated heterocycles. The SMILES string of the molecule is C1=CC2(C1)CCN2. The Balaban J connectivity index is 2.15. The molecule has 0 saturated carbocycles. The van der Waals surface area contributed by atoms with Gasteiger partial charge in [-0.05, 0) is 19.4 Å². The molecule has 1 nitrogen and oxygen atoms in total. The van der Waals surface area contributed by atoms with Gasteiger partial charge in [-0.15, -0.1) is 0 Å². The van der Waals surface area contributed by atoms with Crippen molar-refractivity contribution in [3.8, 4) is 0 Å². The fourth-order valence-electron chi connectivity index (χ4n) is 1.16. The summed E-state index contributed by atoms with van der Waals surface area (Å²) in [4.78, 5) is 0. The van der Waals surface area contributed by atoms with Gasteiger partial charge in [0, 0.05) is 5.54 Å². The summed E-state index contributed by atoms with van der Waals surface area (Å²) in [6.45, 7) is 1.23. The molecule has 1 heterocycles. The third-order valence-corrected chi connectivity index (χ3v) is 1.97. The second-order valence-electron chi connectivity index (χ2n) is 2.44. The highest BCUT2D eigenvalue weighted by molar-refractivity contribution is 5.23. The second kappa shape index (κ2) is 0.920. The predicted octanol–water partition coefficient (Wildman–Crippen LogP) is 0.678. The molecular weight excluding hydrogens is 86.1 g/mol. The minimum absolute atomic E-state index is 0.514. The molecule has 2 aliphatic rings. The number of rotatable bonds is 0. The Labute approximate surface area is 43.4 Å². The molecule has 1 atom stereocenters. The van der Waals surface area contributed by atoms with Crippen LogP contribution < -0.4 is 5.32 Å². The molecule has 0 bridgehead atoms. The van der Waals surface area contributed by atoms with Gasteiger partial charge in [0.1, 0.15) is 0 Å². The highest BCUT2D eigenvalue weighted by Crippen LogP contribution is 2.31. The lowest BCUT2D eigenvalue weighted by Crippen LogP contribution is -2.58. The van der Waals surface area contributed by atoms with Crippen LogP contribution in [0.15, 0.2) is 12.2 Å². The molecule has 1 N–H and O–H groups in total. The van der Waals surface area contributed by atoms with E-state index < -0.39 is 0 Å². The first-order chi connectivity index (χ1) is 3.41. The van der Waals surface area contributed by atoms with E-state index in [2.05, 4.69) is 17.5 Å². The molecule has 0 aromatic rings. The molecule has 38 valence electrons. The van der Waals surface area contributed by atoms with Crippen LogP contribution in [0.3, 0.4) is 0 Å². The number of hydrogen-bond acceptors (Lipinski definition) is 1. The van der Waals surface area contributed by atoms with Gasteiger partial charge in [0.2, 0.25) is 0 Å². The highest BCUT2D eigenvalue weighted by atomic mass is 15.0. The van der Waals surface area contributed by atoms with Gasteiger partial charge in [-0.3, -0.25) is 0 Å². The molecule has 0 aromatic carbocycles. The van der Waals surface area contributed by atoms with E-state index in [9.17, 15) is 0 Å². The van der Waals surface area contributed by atoms with Crippen LogP contribution in [0.25, 0.3) is 0 Å². The Morgan fingerprint density at radius 2 is 2.29 bits per heavy atom. The first-order valence-corrected chi connectivity index (χ1v) is 2.84. The molecule has 7 heavy (non-hydrogen) atoms. The van der Waals surface area contributed by atoms with Gasteiger partial charge in [0.05, 0.1) is 0 Å². The maximum absolute atomic E-state index is 3.37. The van der Waals surface area contributed by atoms with Crippen LogP contribution in [-0.4, -0.2) is 12.1 Å². The van der Waals surface area contributed by atoms with E-state index in [1.165, 1.54) is 19.4 Å². The number of nitrogens with one attached hydrogen (secondary N) is 1. The van der Waals surface area contributed by atoms with E-state index in [0.29, 0.717) is 5.54 Å². The van der Waals surface area contributed by atoms with Crippen LogP contribution in [-0.2, 0) is 0 Å². The predicted molar refractivity (Wildman–Crippen MR) is 29.1 cm³/mol. The normalized spacial score (nSPS) is 45.7. The van der Waals surface area contributed by atoms with Gasteiger partial charge in [0.25, 0.3) is 0 Å². The summed E-state index contributed by atoms with van der Waals surface area (Å²) in [6.07, 6.45) is 7.14. The van der Waals surface area contributed by atoms with Crippen LogP contribution in [0.4, 0.5) is 0 Å². The minimum atomic E-state index is 0.514. The van der Waals surface area contributed by atoms with Crippen molar-refractivity contribution in [3.05, 3.63) is 12.2 Å². The fraction of sp³-hybridized carbons (Fsp3) is 0.667. The van der Waals surface area contributed by atoms with Gasteiger partial charge in [-0.2, -0.15) is 0 Å². The van der Waals surface area contributed by atoms with Gasteiger partial charge >= 0.3 is 0 Å². The molecular formula is C6H9N. The van der Waals surface area contributed by atoms with E-state index in [1.807, 2.05) is 0 Å².